The average molecular weight is 430 g/mol. The zero-order valence-electron chi connectivity index (χ0n) is 19.6. The van der Waals surface area contributed by atoms with Crippen LogP contribution in [0.25, 0.3) is 33.5 Å². The SMILES string of the molecule is Cc1cc(-c2cc3c(-c4ccnn4C(C)C)c[nH]c3nn2)cc(C)c1N1CCN(C)CC1. The molecule has 1 saturated heterocycles. The number of aryl methyl sites for hydroxylation is 2. The second-order valence-corrected chi connectivity index (χ2v) is 9.20. The topological polar surface area (TPSA) is 65.9 Å². The Morgan fingerprint density at radius 2 is 1.69 bits per heavy atom. The Hall–Kier alpha value is -3.19. The fourth-order valence-electron chi connectivity index (χ4n) is 4.85. The first-order chi connectivity index (χ1) is 15.4. The van der Waals surface area contributed by atoms with Crippen molar-refractivity contribution in [3.63, 3.8) is 0 Å². The molecule has 166 valence electrons. The Bertz CT molecular complexity index is 1240. The van der Waals surface area contributed by atoms with Crippen LogP contribution in [-0.2, 0) is 0 Å². The van der Waals surface area contributed by atoms with Crippen molar-refractivity contribution in [1.82, 2.24) is 29.9 Å². The van der Waals surface area contributed by atoms with Crippen molar-refractivity contribution >= 4 is 16.7 Å². The summed E-state index contributed by atoms with van der Waals surface area (Å²) in [6, 6.07) is 8.99. The summed E-state index contributed by atoms with van der Waals surface area (Å²) < 4.78 is 2.04. The summed E-state index contributed by atoms with van der Waals surface area (Å²) >= 11 is 0. The zero-order chi connectivity index (χ0) is 22.4. The van der Waals surface area contributed by atoms with E-state index in [2.05, 4.69) is 89.1 Å². The van der Waals surface area contributed by atoms with Gasteiger partial charge in [-0.15, -0.1) is 10.2 Å². The molecule has 4 heterocycles. The fraction of sp³-hybridized carbons (Fsp3) is 0.400. The van der Waals surface area contributed by atoms with E-state index in [0.29, 0.717) is 0 Å². The number of fused-ring (bicyclic) bond motifs is 1. The van der Waals surface area contributed by atoms with Gasteiger partial charge in [0.2, 0.25) is 0 Å². The summed E-state index contributed by atoms with van der Waals surface area (Å²) in [5.74, 6) is 0. The third kappa shape index (κ3) is 3.56. The molecule has 0 atom stereocenters. The van der Waals surface area contributed by atoms with Crippen LogP contribution in [0.15, 0.2) is 36.7 Å². The van der Waals surface area contributed by atoms with E-state index in [1.165, 1.54) is 16.8 Å². The number of piperazine rings is 1. The molecule has 4 aromatic rings. The minimum absolute atomic E-state index is 0.284. The number of aromatic amines is 1. The molecule has 5 rings (SSSR count). The zero-order valence-corrected chi connectivity index (χ0v) is 19.6. The number of anilines is 1. The number of nitrogens with zero attached hydrogens (tertiary/aromatic N) is 6. The maximum atomic E-state index is 4.54. The van der Waals surface area contributed by atoms with Crippen LogP contribution in [0.5, 0.6) is 0 Å². The molecule has 3 aromatic heterocycles. The van der Waals surface area contributed by atoms with Crippen molar-refractivity contribution in [1.29, 1.82) is 0 Å². The molecule has 0 amide bonds. The van der Waals surface area contributed by atoms with Gasteiger partial charge in [-0.1, -0.05) is 0 Å². The third-order valence-corrected chi connectivity index (χ3v) is 6.48. The molecule has 32 heavy (non-hydrogen) atoms. The van der Waals surface area contributed by atoms with E-state index in [1.807, 2.05) is 17.1 Å². The van der Waals surface area contributed by atoms with Gasteiger partial charge in [-0.3, -0.25) is 4.68 Å². The number of hydrogen-bond acceptors (Lipinski definition) is 5. The lowest BCUT2D eigenvalue weighted by Gasteiger charge is -2.36. The van der Waals surface area contributed by atoms with E-state index in [-0.39, 0.29) is 6.04 Å². The third-order valence-electron chi connectivity index (χ3n) is 6.48. The van der Waals surface area contributed by atoms with E-state index in [9.17, 15) is 0 Å². The smallest absolute Gasteiger partial charge is 0.160 e. The number of H-pyrrole nitrogens is 1. The molecular weight excluding hydrogens is 398 g/mol. The van der Waals surface area contributed by atoms with E-state index in [1.54, 1.807) is 0 Å². The fourth-order valence-corrected chi connectivity index (χ4v) is 4.85. The van der Waals surface area contributed by atoms with Crippen molar-refractivity contribution in [3.8, 4) is 22.5 Å². The first-order valence-corrected chi connectivity index (χ1v) is 11.4. The molecule has 0 radical (unpaired) electrons. The molecule has 0 spiro atoms. The van der Waals surface area contributed by atoms with Gasteiger partial charge in [0.1, 0.15) is 0 Å². The number of likely N-dealkylation sites (N-methyl/N-ethyl adjacent to an activating group) is 1. The minimum Gasteiger partial charge on any atom is -0.369 e. The van der Waals surface area contributed by atoms with Gasteiger partial charge < -0.3 is 14.8 Å². The highest BCUT2D eigenvalue weighted by molar-refractivity contribution is 5.94. The molecule has 1 aromatic carbocycles. The second kappa shape index (κ2) is 8.06. The molecule has 1 aliphatic heterocycles. The number of aromatic nitrogens is 5. The summed E-state index contributed by atoms with van der Waals surface area (Å²) in [6.07, 6.45) is 3.86. The summed E-state index contributed by atoms with van der Waals surface area (Å²) in [5.41, 5.74) is 8.92. The standard InChI is InChI=1S/C25H31N7/c1-16(2)32-23(6-7-27-32)21-15-26-25-20(21)14-22(28-29-25)19-12-17(3)24(18(4)13-19)31-10-8-30(5)9-11-31/h6-7,12-16H,8-11H2,1-5H3,(H,26,29). The first-order valence-electron chi connectivity index (χ1n) is 11.4. The summed E-state index contributed by atoms with van der Waals surface area (Å²) in [7, 11) is 2.19. The minimum atomic E-state index is 0.284. The molecule has 0 unspecified atom stereocenters. The van der Waals surface area contributed by atoms with Gasteiger partial charge in [-0.2, -0.15) is 5.10 Å². The van der Waals surface area contributed by atoms with Crippen LogP contribution in [0.1, 0.15) is 31.0 Å². The van der Waals surface area contributed by atoms with Crippen LogP contribution >= 0.6 is 0 Å². The molecule has 0 aliphatic carbocycles. The lowest BCUT2D eigenvalue weighted by molar-refractivity contribution is 0.312. The molecule has 1 fully saturated rings. The van der Waals surface area contributed by atoms with Crippen LogP contribution in [0, 0.1) is 13.8 Å². The van der Waals surface area contributed by atoms with Crippen molar-refractivity contribution < 1.29 is 0 Å². The average Bonchev–Trinajstić information content (AvgIpc) is 3.40. The van der Waals surface area contributed by atoms with Gasteiger partial charge in [0.15, 0.2) is 5.65 Å². The molecular formula is C25H31N7. The van der Waals surface area contributed by atoms with E-state index in [4.69, 9.17) is 0 Å². The first kappa shape index (κ1) is 20.7. The Labute approximate surface area is 189 Å². The quantitative estimate of drug-likeness (QED) is 0.520. The molecule has 7 heteroatoms. The maximum Gasteiger partial charge on any atom is 0.160 e. The monoisotopic (exact) mass is 429 g/mol. The van der Waals surface area contributed by atoms with E-state index in [0.717, 1.165) is 59.7 Å². The van der Waals surface area contributed by atoms with Gasteiger partial charge in [0, 0.05) is 66.8 Å². The van der Waals surface area contributed by atoms with Gasteiger partial charge in [0.05, 0.1) is 11.4 Å². The summed E-state index contributed by atoms with van der Waals surface area (Å²) in [4.78, 5) is 8.18. The number of benzene rings is 1. The van der Waals surface area contributed by atoms with Crippen molar-refractivity contribution in [2.24, 2.45) is 0 Å². The Morgan fingerprint density at radius 1 is 0.969 bits per heavy atom. The lowest BCUT2D eigenvalue weighted by atomic mass is 10.00. The molecule has 1 aliphatic rings. The highest BCUT2D eigenvalue weighted by Gasteiger charge is 2.20. The Balaban J connectivity index is 1.54. The number of nitrogens with one attached hydrogen (secondary N) is 1. The normalized spacial score (nSPS) is 15.2. The van der Waals surface area contributed by atoms with Crippen LogP contribution < -0.4 is 4.90 Å². The molecule has 0 bridgehead atoms. The van der Waals surface area contributed by atoms with Crippen molar-refractivity contribution in [2.45, 2.75) is 33.7 Å². The Morgan fingerprint density at radius 3 is 2.38 bits per heavy atom. The van der Waals surface area contributed by atoms with Gasteiger partial charge in [-0.05, 0) is 70.1 Å². The van der Waals surface area contributed by atoms with E-state index >= 15 is 0 Å². The second-order valence-electron chi connectivity index (χ2n) is 9.20. The Kier molecular flexibility index (Phi) is 5.21. The van der Waals surface area contributed by atoms with Crippen LogP contribution in [0.2, 0.25) is 0 Å². The predicted molar refractivity (Wildman–Crippen MR) is 130 cm³/mol. The summed E-state index contributed by atoms with van der Waals surface area (Å²) in [6.45, 7) is 13.0. The van der Waals surface area contributed by atoms with Crippen LogP contribution in [0.3, 0.4) is 0 Å². The van der Waals surface area contributed by atoms with Crippen molar-refractivity contribution in [3.05, 3.63) is 47.8 Å². The highest BCUT2D eigenvalue weighted by atomic mass is 15.3. The molecule has 0 saturated carbocycles. The summed E-state index contributed by atoms with van der Waals surface area (Å²) in [5, 5.41) is 14.6. The van der Waals surface area contributed by atoms with Crippen molar-refractivity contribution in [2.75, 3.05) is 38.1 Å². The predicted octanol–water partition coefficient (Wildman–Crippen LogP) is 4.44. The van der Waals surface area contributed by atoms with Crippen LogP contribution in [0.4, 0.5) is 5.69 Å². The lowest BCUT2D eigenvalue weighted by Crippen LogP contribution is -2.45. The number of rotatable bonds is 4. The largest absolute Gasteiger partial charge is 0.369 e. The van der Waals surface area contributed by atoms with Gasteiger partial charge in [0.25, 0.3) is 0 Å². The van der Waals surface area contributed by atoms with E-state index < -0.39 is 0 Å². The highest BCUT2D eigenvalue weighted by Crippen LogP contribution is 2.34. The van der Waals surface area contributed by atoms with Gasteiger partial charge in [-0.25, -0.2) is 0 Å². The van der Waals surface area contributed by atoms with Gasteiger partial charge >= 0.3 is 0 Å². The van der Waals surface area contributed by atoms with Crippen LogP contribution in [-0.4, -0.2) is 63.1 Å². The molecule has 7 nitrogen and oxygen atoms in total. The number of hydrogen-bond donors (Lipinski definition) is 1. The molecule has 1 N–H and O–H groups in total. The maximum absolute atomic E-state index is 4.54.